The number of nitrogens with one attached hydrogen (secondary N) is 2. The number of benzene rings is 2. The second-order valence-electron chi connectivity index (χ2n) is 9.87. The minimum Gasteiger partial charge on any atom is -0.349 e. The lowest BCUT2D eigenvalue weighted by molar-refractivity contribution is -0.127. The number of hydrogen-bond acceptors (Lipinski definition) is 5. The van der Waals surface area contributed by atoms with Crippen LogP contribution in [0.2, 0.25) is 0 Å². The molecule has 7 heteroatoms. The first-order valence-corrected chi connectivity index (χ1v) is 12.9. The Balaban J connectivity index is 1.14. The van der Waals surface area contributed by atoms with Crippen molar-refractivity contribution in [3.63, 3.8) is 0 Å². The molecular formula is C28H36N6O. The SMILES string of the molecule is Cc1nc(Cc2ccccc2)nn1C1CCN(CC[C@H](NC(=O)C2CNC2)c2ccccc2)CC1. The van der Waals surface area contributed by atoms with Crippen molar-refractivity contribution in [3.8, 4) is 0 Å². The van der Waals surface area contributed by atoms with Crippen LogP contribution in [-0.2, 0) is 11.2 Å². The first kappa shape index (κ1) is 23.7. The zero-order chi connectivity index (χ0) is 24.0. The van der Waals surface area contributed by atoms with Gasteiger partial charge in [-0.05, 0) is 37.3 Å². The molecule has 0 aliphatic carbocycles. The van der Waals surface area contributed by atoms with E-state index in [1.807, 2.05) is 12.1 Å². The van der Waals surface area contributed by atoms with Gasteiger partial charge >= 0.3 is 0 Å². The minimum absolute atomic E-state index is 0.0557. The molecule has 1 aromatic heterocycles. The van der Waals surface area contributed by atoms with Gasteiger partial charge in [0, 0.05) is 39.1 Å². The highest BCUT2D eigenvalue weighted by atomic mass is 16.2. The Labute approximate surface area is 207 Å². The fraction of sp³-hybridized carbons (Fsp3) is 0.464. The van der Waals surface area contributed by atoms with Crippen LogP contribution in [0.4, 0.5) is 0 Å². The monoisotopic (exact) mass is 472 g/mol. The molecule has 5 rings (SSSR count). The molecule has 2 N–H and O–H groups in total. The van der Waals surface area contributed by atoms with Crippen LogP contribution in [0, 0.1) is 12.8 Å². The van der Waals surface area contributed by atoms with Crippen LogP contribution >= 0.6 is 0 Å². The molecule has 2 aliphatic heterocycles. The highest BCUT2D eigenvalue weighted by molar-refractivity contribution is 5.80. The van der Waals surface area contributed by atoms with Crippen molar-refractivity contribution in [2.45, 2.75) is 44.7 Å². The second-order valence-corrected chi connectivity index (χ2v) is 9.87. The maximum atomic E-state index is 12.6. The third-order valence-electron chi connectivity index (χ3n) is 7.36. The molecular weight excluding hydrogens is 436 g/mol. The van der Waals surface area contributed by atoms with Crippen LogP contribution < -0.4 is 10.6 Å². The lowest BCUT2D eigenvalue weighted by atomic mass is 9.98. The van der Waals surface area contributed by atoms with Gasteiger partial charge in [-0.25, -0.2) is 9.67 Å². The van der Waals surface area contributed by atoms with Crippen molar-refractivity contribution < 1.29 is 4.79 Å². The third-order valence-corrected chi connectivity index (χ3v) is 7.36. The Hall–Kier alpha value is -3.03. The van der Waals surface area contributed by atoms with Gasteiger partial charge in [-0.3, -0.25) is 4.79 Å². The maximum absolute atomic E-state index is 12.6. The highest BCUT2D eigenvalue weighted by Gasteiger charge is 2.28. The zero-order valence-electron chi connectivity index (χ0n) is 20.6. The molecule has 2 aromatic carbocycles. The van der Waals surface area contributed by atoms with Crippen molar-refractivity contribution in [1.29, 1.82) is 0 Å². The van der Waals surface area contributed by atoms with Gasteiger partial charge < -0.3 is 15.5 Å². The number of nitrogens with zero attached hydrogens (tertiary/aromatic N) is 4. The first-order chi connectivity index (χ1) is 17.2. The van der Waals surface area contributed by atoms with Crippen LogP contribution in [0.15, 0.2) is 60.7 Å². The summed E-state index contributed by atoms with van der Waals surface area (Å²) >= 11 is 0. The van der Waals surface area contributed by atoms with E-state index in [-0.39, 0.29) is 17.9 Å². The highest BCUT2D eigenvalue weighted by Crippen LogP contribution is 2.25. The van der Waals surface area contributed by atoms with Gasteiger partial charge in [0.05, 0.1) is 18.0 Å². The number of hydrogen-bond donors (Lipinski definition) is 2. The van der Waals surface area contributed by atoms with E-state index in [0.29, 0.717) is 6.04 Å². The molecule has 184 valence electrons. The Morgan fingerprint density at radius 2 is 1.74 bits per heavy atom. The summed E-state index contributed by atoms with van der Waals surface area (Å²) in [7, 11) is 0. The number of amides is 1. The summed E-state index contributed by atoms with van der Waals surface area (Å²) in [6.45, 7) is 6.70. The predicted octanol–water partition coefficient (Wildman–Crippen LogP) is 3.28. The lowest BCUT2D eigenvalue weighted by Crippen LogP contribution is -2.51. The molecule has 2 saturated heterocycles. The average Bonchev–Trinajstić information content (AvgIpc) is 3.22. The predicted molar refractivity (Wildman–Crippen MR) is 137 cm³/mol. The molecule has 0 saturated carbocycles. The topological polar surface area (TPSA) is 75.1 Å². The summed E-state index contributed by atoms with van der Waals surface area (Å²) in [4.78, 5) is 19.9. The first-order valence-electron chi connectivity index (χ1n) is 12.9. The van der Waals surface area contributed by atoms with Gasteiger partial charge in [0.15, 0.2) is 5.82 Å². The van der Waals surface area contributed by atoms with E-state index in [2.05, 4.69) is 75.7 Å². The third kappa shape index (κ3) is 5.97. The Kier molecular flexibility index (Phi) is 7.54. The van der Waals surface area contributed by atoms with Crippen LogP contribution in [0.5, 0.6) is 0 Å². The van der Waals surface area contributed by atoms with Gasteiger partial charge in [0.25, 0.3) is 0 Å². The molecule has 2 aliphatic rings. The smallest absolute Gasteiger partial charge is 0.226 e. The van der Waals surface area contributed by atoms with E-state index >= 15 is 0 Å². The zero-order valence-corrected chi connectivity index (χ0v) is 20.6. The largest absolute Gasteiger partial charge is 0.349 e. The molecule has 0 bridgehead atoms. The molecule has 35 heavy (non-hydrogen) atoms. The summed E-state index contributed by atoms with van der Waals surface area (Å²) in [5.41, 5.74) is 2.43. The van der Waals surface area contributed by atoms with E-state index in [1.165, 1.54) is 11.1 Å². The standard InChI is InChI=1S/C28H36N6O/c1-21-30-27(18-22-8-4-2-5-9-22)32-34(21)25-12-15-33(16-13-25)17-14-26(23-10-6-3-7-11-23)31-28(35)24-19-29-20-24/h2-11,24-26,29H,12-20H2,1H3,(H,31,35)/t26-/m0/s1. The van der Waals surface area contributed by atoms with Gasteiger partial charge in [-0.1, -0.05) is 60.7 Å². The minimum atomic E-state index is 0.0557. The number of carbonyl (C=O) groups is 1. The van der Waals surface area contributed by atoms with Crippen molar-refractivity contribution in [2.24, 2.45) is 5.92 Å². The number of rotatable bonds is 9. The molecule has 1 amide bonds. The average molecular weight is 473 g/mol. The Morgan fingerprint density at radius 3 is 2.40 bits per heavy atom. The summed E-state index contributed by atoms with van der Waals surface area (Å²) in [6.07, 6.45) is 3.84. The number of aryl methyl sites for hydroxylation is 1. The number of carbonyl (C=O) groups excluding carboxylic acids is 1. The molecule has 2 fully saturated rings. The normalized spacial score (nSPS) is 18.2. The van der Waals surface area contributed by atoms with E-state index in [4.69, 9.17) is 10.1 Å². The molecule has 0 radical (unpaired) electrons. The molecule has 0 unspecified atom stereocenters. The van der Waals surface area contributed by atoms with E-state index in [0.717, 1.165) is 70.1 Å². The molecule has 1 atom stereocenters. The van der Waals surface area contributed by atoms with Crippen molar-refractivity contribution in [1.82, 2.24) is 30.3 Å². The van der Waals surface area contributed by atoms with Gasteiger partial charge in [0.1, 0.15) is 5.82 Å². The number of aromatic nitrogens is 3. The molecule has 0 spiro atoms. The molecule has 3 aromatic rings. The van der Waals surface area contributed by atoms with Crippen LogP contribution in [0.25, 0.3) is 0 Å². The number of piperidine rings is 1. The molecule has 3 heterocycles. The van der Waals surface area contributed by atoms with Crippen LogP contribution in [0.1, 0.15) is 54.1 Å². The second kappa shape index (κ2) is 11.1. The van der Waals surface area contributed by atoms with Crippen molar-refractivity contribution >= 4 is 5.91 Å². The maximum Gasteiger partial charge on any atom is 0.226 e. The van der Waals surface area contributed by atoms with Gasteiger partial charge in [-0.2, -0.15) is 5.10 Å². The van der Waals surface area contributed by atoms with Crippen LogP contribution in [-0.4, -0.2) is 58.3 Å². The lowest BCUT2D eigenvalue weighted by Gasteiger charge is -2.34. The Morgan fingerprint density at radius 1 is 1.06 bits per heavy atom. The summed E-state index contributed by atoms with van der Waals surface area (Å²) < 4.78 is 2.15. The van der Waals surface area contributed by atoms with Gasteiger partial charge in [0.2, 0.25) is 5.91 Å². The Bertz CT molecular complexity index is 1090. The number of likely N-dealkylation sites (tertiary alicyclic amines) is 1. The van der Waals surface area contributed by atoms with Gasteiger partial charge in [-0.15, -0.1) is 0 Å². The van der Waals surface area contributed by atoms with E-state index in [1.54, 1.807) is 0 Å². The quantitative estimate of drug-likeness (QED) is 0.500. The van der Waals surface area contributed by atoms with E-state index < -0.39 is 0 Å². The molecule has 7 nitrogen and oxygen atoms in total. The van der Waals surface area contributed by atoms with E-state index in [9.17, 15) is 4.79 Å². The fourth-order valence-corrected chi connectivity index (χ4v) is 5.13. The van der Waals surface area contributed by atoms with Crippen molar-refractivity contribution in [3.05, 3.63) is 83.4 Å². The van der Waals surface area contributed by atoms with Crippen LogP contribution in [0.3, 0.4) is 0 Å². The summed E-state index contributed by atoms with van der Waals surface area (Å²) in [6, 6.07) is 21.3. The summed E-state index contributed by atoms with van der Waals surface area (Å²) in [5, 5.41) is 11.4. The van der Waals surface area contributed by atoms with Crippen molar-refractivity contribution in [2.75, 3.05) is 32.7 Å². The fourth-order valence-electron chi connectivity index (χ4n) is 5.13. The summed E-state index contributed by atoms with van der Waals surface area (Å²) in [5.74, 6) is 2.19.